The lowest BCUT2D eigenvalue weighted by molar-refractivity contribution is 0.214. The molecule has 0 fully saturated rings. The Hall–Kier alpha value is -3.64. The Morgan fingerprint density at radius 2 is 1.12 bits per heavy atom. The van der Waals surface area contributed by atoms with E-state index < -0.39 is 0 Å². The molecule has 0 saturated heterocycles. The molecule has 0 radical (unpaired) electrons. The van der Waals surface area contributed by atoms with Gasteiger partial charge in [0.1, 0.15) is 26.4 Å². The number of oxime groups is 2. The first-order chi connectivity index (χ1) is 12.2. The average molecular weight is 332 g/mol. The second kappa shape index (κ2) is 8.85. The van der Waals surface area contributed by atoms with Crippen LogP contribution in [0.15, 0.2) is 58.8 Å². The van der Waals surface area contributed by atoms with Crippen LogP contribution in [0, 0.1) is 22.7 Å². The van der Waals surface area contributed by atoms with Gasteiger partial charge in [-0.3, -0.25) is 0 Å². The maximum atomic E-state index is 9.04. The highest BCUT2D eigenvalue weighted by Gasteiger charge is 2.06. The van der Waals surface area contributed by atoms with E-state index in [0.29, 0.717) is 11.1 Å². The zero-order valence-electron chi connectivity index (χ0n) is 13.9. The summed E-state index contributed by atoms with van der Waals surface area (Å²) in [5, 5.41) is 25.5. The van der Waals surface area contributed by atoms with Crippen LogP contribution in [0.4, 0.5) is 0 Å². The van der Waals surface area contributed by atoms with Gasteiger partial charge in [0.15, 0.2) is 11.4 Å². The van der Waals surface area contributed by atoms with Crippen molar-refractivity contribution in [3.8, 4) is 12.1 Å². The van der Waals surface area contributed by atoms with Crippen LogP contribution in [-0.2, 0) is 16.1 Å². The zero-order valence-corrected chi connectivity index (χ0v) is 13.9. The molecule has 0 aliphatic carbocycles. The summed E-state index contributed by atoms with van der Waals surface area (Å²) < 4.78 is 0. The van der Waals surface area contributed by atoms with Crippen LogP contribution in [0.25, 0.3) is 0 Å². The minimum Gasteiger partial charge on any atom is -0.398 e. The van der Waals surface area contributed by atoms with E-state index >= 15 is 0 Å². The fourth-order valence-corrected chi connectivity index (χ4v) is 2.25. The molecule has 6 heteroatoms. The van der Waals surface area contributed by atoms with Crippen LogP contribution in [0.1, 0.15) is 22.3 Å². The molecular formula is C19H16N4O2. The average Bonchev–Trinajstić information content (AvgIpc) is 2.66. The topological polar surface area (TPSA) is 90.8 Å². The summed E-state index contributed by atoms with van der Waals surface area (Å²) in [5.74, 6) is 0. The van der Waals surface area contributed by atoms with E-state index in [9.17, 15) is 0 Å². The smallest absolute Gasteiger partial charge is 0.186 e. The minimum atomic E-state index is 0.236. The van der Waals surface area contributed by atoms with Crippen molar-refractivity contribution >= 4 is 11.4 Å². The number of benzene rings is 2. The zero-order chi connectivity index (χ0) is 18.1. The maximum absolute atomic E-state index is 9.04. The van der Waals surface area contributed by atoms with Crippen molar-refractivity contribution in [2.24, 2.45) is 10.3 Å². The van der Waals surface area contributed by atoms with Crippen LogP contribution in [0.2, 0.25) is 0 Å². The summed E-state index contributed by atoms with van der Waals surface area (Å²) in [6.07, 6.45) is 0.729. The predicted octanol–water partition coefficient (Wildman–Crippen LogP) is 3.03. The van der Waals surface area contributed by atoms with Crippen molar-refractivity contribution < 1.29 is 9.68 Å². The van der Waals surface area contributed by atoms with E-state index in [1.165, 1.54) is 14.2 Å². The summed E-state index contributed by atoms with van der Waals surface area (Å²) in [6.45, 7) is 0. The summed E-state index contributed by atoms with van der Waals surface area (Å²) in [6, 6.07) is 19.1. The number of hydrogen-bond donors (Lipinski definition) is 0. The van der Waals surface area contributed by atoms with Crippen LogP contribution < -0.4 is 0 Å². The van der Waals surface area contributed by atoms with Gasteiger partial charge in [-0.15, -0.1) is 0 Å². The van der Waals surface area contributed by atoms with Gasteiger partial charge in [-0.1, -0.05) is 58.8 Å². The van der Waals surface area contributed by atoms with Gasteiger partial charge in [0.2, 0.25) is 0 Å². The van der Waals surface area contributed by atoms with Crippen LogP contribution in [-0.4, -0.2) is 25.6 Å². The molecule has 0 aliphatic heterocycles. The van der Waals surface area contributed by atoms with Gasteiger partial charge in [0.25, 0.3) is 0 Å². The van der Waals surface area contributed by atoms with Gasteiger partial charge in [-0.05, 0) is 17.5 Å². The summed E-state index contributed by atoms with van der Waals surface area (Å²) >= 11 is 0. The van der Waals surface area contributed by atoms with E-state index in [1.54, 1.807) is 0 Å². The lowest BCUT2D eigenvalue weighted by atomic mass is 10.0. The van der Waals surface area contributed by atoms with Crippen molar-refractivity contribution in [1.29, 1.82) is 10.5 Å². The molecule has 0 amide bonds. The molecule has 124 valence electrons. The van der Waals surface area contributed by atoms with Crippen molar-refractivity contribution in [3.63, 3.8) is 0 Å². The highest BCUT2D eigenvalue weighted by molar-refractivity contribution is 6.11. The standard InChI is InChI=1S/C19H16N4O2/c1-24-22-18(12-20)16-7-3-14(4-8-16)11-15-5-9-17(10-6-15)19(13-21)23-25-2/h3-10H,11H2,1-2H3. The fraction of sp³-hybridized carbons (Fsp3) is 0.158. The number of nitriles is 2. The first-order valence-electron chi connectivity index (χ1n) is 7.43. The second-order valence-corrected chi connectivity index (χ2v) is 5.04. The van der Waals surface area contributed by atoms with Gasteiger partial charge >= 0.3 is 0 Å². The van der Waals surface area contributed by atoms with Crippen molar-refractivity contribution in [2.45, 2.75) is 6.42 Å². The first kappa shape index (κ1) is 17.7. The number of hydrogen-bond acceptors (Lipinski definition) is 6. The third-order valence-corrected chi connectivity index (χ3v) is 3.44. The fourth-order valence-electron chi connectivity index (χ4n) is 2.25. The maximum Gasteiger partial charge on any atom is 0.186 e. The molecule has 2 rings (SSSR count). The molecule has 2 aromatic rings. The minimum absolute atomic E-state index is 0.236. The molecule has 25 heavy (non-hydrogen) atoms. The normalized spacial score (nSPS) is 11.4. The highest BCUT2D eigenvalue weighted by Crippen LogP contribution is 2.13. The SMILES string of the molecule is CON=C(C#N)c1ccc(Cc2ccc(C(C#N)=NOC)cc2)cc1. The lowest BCUT2D eigenvalue weighted by Gasteiger charge is -2.05. The summed E-state index contributed by atoms with van der Waals surface area (Å²) in [5.41, 5.74) is 4.07. The van der Waals surface area contributed by atoms with Crippen LogP contribution >= 0.6 is 0 Å². The molecule has 0 heterocycles. The Kier molecular flexibility index (Phi) is 6.27. The Morgan fingerprint density at radius 3 is 1.40 bits per heavy atom. The van der Waals surface area contributed by atoms with Gasteiger partial charge in [-0.2, -0.15) is 10.5 Å². The molecular weight excluding hydrogens is 316 g/mol. The Bertz CT molecular complexity index is 781. The molecule has 0 spiro atoms. The Morgan fingerprint density at radius 1 is 0.760 bits per heavy atom. The van der Waals surface area contributed by atoms with E-state index in [0.717, 1.165) is 17.5 Å². The quantitative estimate of drug-likeness (QED) is 0.600. The molecule has 0 bridgehead atoms. The van der Waals surface area contributed by atoms with Crippen molar-refractivity contribution in [1.82, 2.24) is 0 Å². The van der Waals surface area contributed by atoms with Gasteiger partial charge in [0, 0.05) is 11.1 Å². The molecule has 0 unspecified atom stereocenters. The highest BCUT2D eigenvalue weighted by atomic mass is 16.6. The Labute approximate surface area is 146 Å². The second-order valence-electron chi connectivity index (χ2n) is 5.04. The van der Waals surface area contributed by atoms with Gasteiger partial charge in [0.05, 0.1) is 0 Å². The van der Waals surface area contributed by atoms with E-state index in [1.807, 2.05) is 60.7 Å². The third-order valence-electron chi connectivity index (χ3n) is 3.44. The largest absolute Gasteiger partial charge is 0.398 e. The first-order valence-corrected chi connectivity index (χ1v) is 7.43. The van der Waals surface area contributed by atoms with Crippen LogP contribution in [0.3, 0.4) is 0 Å². The van der Waals surface area contributed by atoms with Crippen LogP contribution in [0.5, 0.6) is 0 Å². The lowest BCUT2D eigenvalue weighted by Crippen LogP contribution is -1.99. The summed E-state index contributed by atoms with van der Waals surface area (Å²) in [4.78, 5) is 9.31. The van der Waals surface area contributed by atoms with Crippen molar-refractivity contribution in [2.75, 3.05) is 14.2 Å². The monoisotopic (exact) mass is 332 g/mol. The van der Waals surface area contributed by atoms with Gasteiger partial charge in [-0.25, -0.2) is 0 Å². The molecule has 0 aliphatic rings. The molecule has 0 atom stereocenters. The van der Waals surface area contributed by atoms with E-state index in [4.69, 9.17) is 10.5 Å². The third kappa shape index (κ3) is 4.66. The molecule has 0 saturated carbocycles. The summed E-state index contributed by atoms with van der Waals surface area (Å²) in [7, 11) is 2.81. The number of rotatable bonds is 6. The molecule has 0 aromatic heterocycles. The van der Waals surface area contributed by atoms with Crippen molar-refractivity contribution in [3.05, 3.63) is 70.8 Å². The predicted molar refractivity (Wildman–Crippen MR) is 94.0 cm³/mol. The molecule has 0 N–H and O–H groups in total. The van der Waals surface area contributed by atoms with E-state index in [2.05, 4.69) is 20.0 Å². The molecule has 6 nitrogen and oxygen atoms in total. The van der Waals surface area contributed by atoms with Gasteiger partial charge < -0.3 is 9.68 Å². The number of nitrogens with zero attached hydrogens (tertiary/aromatic N) is 4. The van der Waals surface area contributed by atoms with E-state index in [-0.39, 0.29) is 11.4 Å². The Balaban J connectivity index is 2.13. The molecule has 2 aromatic carbocycles.